The maximum atomic E-state index is 12.3. The van der Waals surface area contributed by atoms with Crippen molar-refractivity contribution < 1.29 is 17.9 Å². The Morgan fingerprint density at radius 1 is 1.37 bits per heavy atom. The molecule has 1 saturated heterocycles. The first-order valence-corrected chi connectivity index (χ1v) is 7.59. The van der Waals surface area contributed by atoms with Gasteiger partial charge in [0.1, 0.15) is 4.90 Å². The molecule has 1 aliphatic rings. The van der Waals surface area contributed by atoms with E-state index in [0.29, 0.717) is 0 Å². The van der Waals surface area contributed by atoms with Crippen LogP contribution in [0.15, 0.2) is 23.1 Å². The first-order chi connectivity index (χ1) is 8.87. The Hall–Kier alpha value is -0.820. The van der Waals surface area contributed by atoms with Gasteiger partial charge in [0, 0.05) is 13.1 Å². The molecule has 0 bridgehead atoms. The lowest BCUT2D eigenvalue weighted by atomic mass is 10.0. The highest BCUT2D eigenvalue weighted by atomic mass is 35.5. The van der Waals surface area contributed by atoms with Crippen LogP contribution in [-0.4, -0.2) is 38.9 Å². The molecule has 0 aromatic heterocycles. The maximum absolute atomic E-state index is 12.3. The van der Waals surface area contributed by atoms with Gasteiger partial charge in [0.15, 0.2) is 0 Å². The van der Waals surface area contributed by atoms with Gasteiger partial charge in [-0.3, -0.25) is 4.79 Å². The number of sulfonamides is 1. The van der Waals surface area contributed by atoms with E-state index >= 15 is 0 Å². The Kier molecular flexibility index (Phi) is 4.06. The van der Waals surface area contributed by atoms with Crippen molar-refractivity contribution in [2.24, 2.45) is 5.92 Å². The van der Waals surface area contributed by atoms with Crippen LogP contribution in [0.4, 0.5) is 0 Å². The zero-order valence-electron chi connectivity index (χ0n) is 9.97. The fourth-order valence-corrected chi connectivity index (χ4v) is 4.04. The topological polar surface area (TPSA) is 63.7 Å². The van der Waals surface area contributed by atoms with Gasteiger partial charge < -0.3 is 4.74 Å². The lowest BCUT2D eigenvalue weighted by Gasteiger charge is -2.36. The second kappa shape index (κ2) is 5.28. The van der Waals surface area contributed by atoms with Crippen LogP contribution in [0.3, 0.4) is 0 Å². The minimum absolute atomic E-state index is 0.00863. The van der Waals surface area contributed by atoms with Crippen LogP contribution in [0.25, 0.3) is 0 Å². The number of hydrogen-bond acceptors (Lipinski definition) is 4. The lowest BCUT2D eigenvalue weighted by molar-refractivity contribution is -0.149. The van der Waals surface area contributed by atoms with Crippen LogP contribution >= 0.6 is 23.2 Å². The number of carbonyl (C=O) groups excluding carboxylic acids is 1. The smallest absolute Gasteiger partial charge is 0.311 e. The summed E-state index contributed by atoms with van der Waals surface area (Å²) in [6, 6.07) is 4.41. The monoisotopic (exact) mass is 323 g/mol. The SMILES string of the molecule is COC(=O)C1CN(S(=O)(=O)c2cccc(Cl)c2Cl)C1. The number of ether oxygens (including phenoxy) is 1. The molecule has 1 aromatic carbocycles. The van der Waals surface area contributed by atoms with Gasteiger partial charge in [0.05, 0.1) is 23.1 Å². The Morgan fingerprint density at radius 2 is 2.00 bits per heavy atom. The van der Waals surface area contributed by atoms with Gasteiger partial charge in [-0.25, -0.2) is 8.42 Å². The third-order valence-corrected chi connectivity index (χ3v) is 5.72. The highest BCUT2D eigenvalue weighted by Gasteiger charge is 2.41. The van der Waals surface area contributed by atoms with Crippen LogP contribution in [0.1, 0.15) is 0 Å². The molecule has 0 spiro atoms. The molecule has 2 rings (SSSR count). The first-order valence-electron chi connectivity index (χ1n) is 5.40. The van der Waals surface area contributed by atoms with Gasteiger partial charge in [-0.15, -0.1) is 0 Å². The van der Waals surface area contributed by atoms with Gasteiger partial charge in [-0.05, 0) is 12.1 Å². The van der Waals surface area contributed by atoms with E-state index in [1.807, 2.05) is 0 Å². The second-order valence-corrected chi connectivity index (χ2v) is 6.79. The van der Waals surface area contributed by atoms with Crippen molar-refractivity contribution in [2.45, 2.75) is 4.90 Å². The summed E-state index contributed by atoms with van der Waals surface area (Å²) in [5.41, 5.74) is 0. The predicted molar refractivity (Wildman–Crippen MR) is 70.7 cm³/mol. The molecule has 0 amide bonds. The highest BCUT2D eigenvalue weighted by Crippen LogP contribution is 2.33. The van der Waals surface area contributed by atoms with E-state index in [1.165, 1.54) is 29.6 Å². The molecule has 1 fully saturated rings. The van der Waals surface area contributed by atoms with Crippen molar-refractivity contribution in [3.63, 3.8) is 0 Å². The maximum Gasteiger partial charge on any atom is 0.311 e. The third kappa shape index (κ3) is 2.58. The van der Waals surface area contributed by atoms with E-state index in [0.717, 1.165) is 0 Å². The normalized spacial score (nSPS) is 17.0. The molecule has 104 valence electrons. The van der Waals surface area contributed by atoms with E-state index < -0.39 is 21.9 Å². The van der Waals surface area contributed by atoms with Crippen LogP contribution in [0.2, 0.25) is 10.0 Å². The number of nitrogens with zero attached hydrogens (tertiary/aromatic N) is 1. The molecule has 1 aromatic rings. The first kappa shape index (κ1) is 14.6. The average Bonchev–Trinajstić information content (AvgIpc) is 2.29. The van der Waals surface area contributed by atoms with E-state index in [1.54, 1.807) is 0 Å². The predicted octanol–water partition coefficient (Wildman–Crippen LogP) is 1.79. The third-order valence-electron chi connectivity index (χ3n) is 2.92. The van der Waals surface area contributed by atoms with Crippen molar-refractivity contribution in [3.8, 4) is 0 Å². The number of carbonyl (C=O) groups is 1. The molecule has 19 heavy (non-hydrogen) atoms. The van der Waals surface area contributed by atoms with Crippen molar-refractivity contribution in [2.75, 3.05) is 20.2 Å². The molecule has 1 heterocycles. The molecule has 0 atom stereocenters. The van der Waals surface area contributed by atoms with Crippen molar-refractivity contribution in [3.05, 3.63) is 28.2 Å². The zero-order chi connectivity index (χ0) is 14.2. The average molecular weight is 324 g/mol. The van der Waals surface area contributed by atoms with Crippen molar-refractivity contribution in [1.82, 2.24) is 4.31 Å². The van der Waals surface area contributed by atoms with Crippen LogP contribution < -0.4 is 0 Å². The fraction of sp³-hybridized carbons (Fsp3) is 0.364. The summed E-state index contributed by atoms with van der Waals surface area (Å²) in [5, 5.41) is 0.165. The molecule has 1 aliphatic heterocycles. The Balaban J connectivity index is 2.22. The van der Waals surface area contributed by atoms with Crippen LogP contribution in [0, 0.1) is 5.92 Å². The Morgan fingerprint density at radius 3 is 2.58 bits per heavy atom. The lowest BCUT2D eigenvalue weighted by Crippen LogP contribution is -2.53. The van der Waals surface area contributed by atoms with Crippen molar-refractivity contribution >= 4 is 39.2 Å². The largest absolute Gasteiger partial charge is 0.469 e. The quantitative estimate of drug-likeness (QED) is 0.795. The number of hydrogen-bond donors (Lipinski definition) is 0. The molecular formula is C11H11Cl2NO4S. The van der Waals surface area contributed by atoms with Gasteiger partial charge in [-0.2, -0.15) is 4.31 Å². The van der Waals surface area contributed by atoms with Crippen molar-refractivity contribution in [1.29, 1.82) is 0 Å². The van der Waals surface area contributed by atoms with Gasteiger partial charge >= 0.3 is 5.97 Å². The number of methoxy groups -OCH3 is 1. The minimum Gasteiger partial charge on any atom is -0.469 e. The van der Waals surface area contributed by atoms with Gasteiger partial charge in [0.25, 0.3) is 0 Å². The van der Waals surface area contributed by atoms with E-state index in [4.69, 9.17) is 23.2 Å². The van der Waals surface area contributed by atoms with Crippen LogP contribution in [-0.2, 0) is 19.6 Å². The molecule has 0 radical (unpaired) electrons. The molecule has 0 unspecified atom stereocenters. The van der Waals surface area contributed by atoms with E-state index in [2.05, 4.69) is 4.74 Å². The minimum atomic E-state index is -3.72. The van der Waals surface area contributed by atoms with E-state index in [9.17, 15) is 13.2 Å². The summed E-state index contributed by atoms with van der Waals surface area (Å²) in [7, 11) is -2.45. The summed E-state index contributed by atoms with van der Waals surface area (Å²) < 4.78 is 30.3. The summed E-state index contributed by atoms with van der Waals surface area (Å²) in [6.07, 6.45) is 0. The summed E-state index contributed by atoms with van der Waals surface area (Å²) in [4.78, 5) is 11.2. The molecule has 0 aliphatic carbocycles. The highest BCUT2D eigenvalue weighted by molar-refractivity contribution is 7.89. The summed E-state index contributed by atoms with van der Waals surface area (Å²) >= 11 is 11.7. The Bertz CT molecular complexity index is 611. The summed E-state index contributed by atoms with van der Waals surface area (Å²) in [5.74, 6) is -0.832. The standard InChI is InChI=1S/C11H11Cl2NO4S/c1-18-11(15)7-5-14(6-7)19(16,17)9-4-2-3-8(12)10(9)13/h2-4,7H,5-6H2,1H3. The molecule has 0 N–H and O–H groups in total. The number of rotatable bonds is 3. The van der Waals surface area contributed by atoms with Crippen LogP contribution in [0.5, 0.6) is 0 Å². The van der Waals surface area contributed by atoms with E-state index in [-0.39, 0.29) is 28.0 Å². The summed E-state index contributed by atoms with van der Waals surface area (Å²) in [6.45, 7) is 0.190. The van der Waals surface area contributed by atoms with Gasteiger partial charge in [-0.1, -0.05) is 29.3 Å². The molecule has 5 nitrogen and oxygen atoms in total. The Labute approximate surface area is 121 Å². The number of benzene rings is 1. The molecule has 0 saturated carbocycles. The number of esters is 1. The molecular weight excluding hydrogens is 313 g/mol. The second-order valence-electron chi connectivity index (χ2n) is 4.09. The zero-order valence-corrected chi connectivity index (χ0v) is 12.3. The molecule has 8 heteroatoms. The number of halogens is 2. The fourth-order valence-electron chi connectivity index (χ4n) is 1.77. The van der Waals surface area contributed by atoms with Gasteiger partial charge in [0.2, 0.25) is 10.0 Å².